The highest BCUT2D eigenvalue weighted by molar-refractivity contribution is 7.10. The molecule has 0 bridgehead atoms. The topological polar surface area (TPSA) is 105 Å². The van der Waals surface area contributed by atoms with Gasteiger partial charge in [0.25, 0.3) is 0 Å². The number of carbonyl (C=O) groups excluding carboxylic acids is 2. The number of hydrogen-bond donors (Lipinski definition) is 3. The zero-order chi connectivity index (χ0) is 24.4. The molecule has 0 aliphatic heterocycles. The molecule has 1 saturated carbocycles. The molecule has 1 heterocycles. The van der Waals surface area contributed by atoms with Gasteiger partial charge in [-0.1, -0.05) is 54.6 Å². The summed E-state index contributed by atoms with van der Waals surface area (Å²) >= 11 is 1.34. The fraction of sp³-hybridized carbons (Fsp3) is 0.296. The molecular formula is C27H26N2O5S. The monoisotopic (exact) mass is 490 g/mol. The lowest BCUT2D eigenvalue weighted by atomic mass is 9.98. The van der Waals surface area contributed by atoms with Gasteiger partial charge in [-0.15, -0.1) is 11.3 Å². The lowest BCUT2D eigenvalue weighted by molar-refractivity contribution is -0.138. The first-order valence-electron chi connectivity index (χ1n) is 11.7. The summed E-state index contributed by atoms with van der Waals surface area (Å²) in [7, 11) is 0. The lowest BCUT2D eigenvalue weighted by Gasteiger charge is -2.22. The number of aliphatic carboxylic acids is 1. The second kappa shape index (κ2) is 9.92. The Morgan fingerprint density at radius 2 is 1.60 bits per heavy atom. The second-order valence-corrected chi connectivity index (χ2v) is 9.95. The van der Waals surface area contributed by atoms with Gasteiger partial charge in [-0.2, -0.15) is 0 Å². The molecule has 5 rings (SSSR count). The maximum atomic E-state index is 13.1. The van der Waals surface area contributed by atoms with Crippen LogP contribution < -0.4 is 10.6 Å². The first-order valence-corrected chi connectivity index (χ1v) is 12.6. The molecule has 2 atom stereocenters. The van der Waals surface area contributed by atoms with Crippen LogP contribution in [0.15, 0.2) is 66.0 Å². The summed E-state index contributed by atoms with van der Waals surface area (Å²) in [6.45, 7) is 0.141. The molecule has 2 aliphatic carbocycles. The van der Waals surface area contributed by atoms with E-state index in [1.807, 2.05) is 41.8 Å². The van der Waals surface area contributed by atoms with Crippen molar-refractivity contribution in [2.75, 3.05) is 6.61 Å². The van der Waals surface area contributed by atoms with Gasteiger partial charge in [-0.25, -0.2) is 4.79 Å². The third kappa shape index (κ3) is 5.07. The average Bonchev–Trinajstić information content (AvgIpc) is 3.46. The summed E-state index contributed by atoms with van der Waals surface area (Å²) in [5.74, 6) is -1.32. The van der Waals surface area contributed by atoms with E-state index in [-0.39, 0.29) is 24.9 Å². The number of hydrogen-bond acceptors (Lipinski definition) is 5. The number of alkyl carbamates (subject to hydrolysis) is 1. The van der Waals surface area contributed by atoms with Crippen molar-refractivity contribution >= 4 is 29.3 Å². The predicted molar refractivity (Wildman–Crippen MR) is 132 cm³/mol. The van der Waals surface area contributed by atoms with Crippen molar-refractivity contribution in [1.82, 2.24) is 10.6 Å². The molecule has 2 aliphatic rings. The summed E-state index contributed by atoms with van der Waals surface area (Å²) in [6, 6.07) is 18.3. The standard InChI is InChI=1S/C27H26N2O5S/c30-24(31)14-22(16-11-12-16)28-26(32)25(23-10-5-13-35-23)29-27(33)34-15-21-19-8-3-1-6-17(19)18-7-2-4-9-20(18)21/h1-10,13,16,21-22,25H,11-12,14-15H2,(H,28,32)(H,29,33)(H,30,31). The highest BCUT2D eigenvalue weighted by atomic mass is 32.1. The van der Waals surface area contributed by atoms with Crippen molar-refractivity contribution in [3.8, 4) is 11.1 Å². The van der Waals surface area contributed by atoms with Crippen LogP contribution in [0.1, 0.15) is 47.2 Å². The van der Waals surface area contributed by atoms with Gasteiger partial charge >= 0.3 is 12.1 Å². The quantitative estimate of drug-likeness (QED) is 0.403. The van der Waals surface area contributed by atoms with Crippen LogP contribution in [0.4, 0.5) is 4.79 Å². The van der Waals surface area contributed by atoms with Crippen molar-refractivity contribution in [1.29, 1.82) is 0 Å². The number of rotatable bonds is 9. The zero-order valence-electron chi connectivity index (χ0n) is 19.0. The third-order valence-corrected chi connectivity index (χ3v) is 7.55. The van der Waals surface area contributed by atoms with E-state index in [1.54, 1.807) is 12.1 Å². The van der Waals surface area contributed by atoms with Crippen molar-refractivity contribution in [3.05, 3.63) is 82.0 Å². The van der Waals surface area contributed by atoms with Crippen LogP contribution in [0, 0.1) is 5.92 Å². The Kier molecular flexibility index (Phi) is 6.55. The van der Waals surface area contributed by atoms with Gasteiger partial charge in [0.2, 0.25) is 5.91 Å². The molecule has 7 nitrogen and oxygen atoms in total. The van der Waals surface area contributed by atoms with Crippen LogP contribution in [0.25, 0.3) is 11.1 Å². The summed E-state index contributed by atoms with van der Waals surface area (Å²) in [6.07, 6.45) is 0.948. The number of carboxylic acids is 1. The van der Waals surface area contributed by atoms with E-state index in [9.17, 15) is 19.5 Å². The van der Waals surface area contributed by atoms with Crippen LogP contribution in [0.3, 0.4) is 0 Å². The minimum atomic E-state index is -0.959. The van der Waals surface area contributed by atoms with E-state index >= 15 is 0 Å². The Balaban J connectivity index is 1.27. The van der Waals surface area contributed by atoms with Crippen LogP contribution in [-0.4, -0.2) is 35.7 Å². The fourth-order valence-electron chi connectivity index (χ4n) is 4.77. The van der Waals surface area contributed by atoms with Crippen LogP contribution in [0.2, 0.25) is 0 Å². The van der Waals surface area contributed by atoms with Crippen LogP contribution in [-0.2, 0) is 14.3 Å². The minimum Gasteiger partial charge on any atom is -0.481 e. The molecule has 0 radical (unpaired) electrons. The summed E-state index contributed by atoms with van der Waals surface area (Å²) in [5.41, 5.74) is 4.49. The molecule has 2 aromatic carbocycles. The lowest BCUT2D eigenvalue weighted by Crippen LogP contribution is -2.45. The van der Waals surface area contributed by atoms with Crippen molar-refractivity contribution in [2.24, 2.45) is 5.92 Å². The van der Waals surface area contributed by atoms with Crippen LogP contribution in [0.5, 0.6) is 0 Å². The number of carbonyl (C=O) groups is 3. The molecular weight excluding hydrogens is 464 g/mol. The molecule has 180 valence electrons. The molecule has 3 aromatic rings. The molecule has 0 saturated heterocycles. The average molecular weight is 491 g/mol. The first-order chi connectivity index (χ1) is 17.0. The first kappa shape index (κ1) is 23.1. The van der Waals surface area contributed by atoms with E-state index in [1.165, 1.54) is 11.3 Å². The Morgan fingerprint density at radius 3 is 2.17 bits per heavy atom. The molecule has 8 heteroatoms. The van der Waals surface area contributed by atoms with E-state index in [0.29, 0.717) is 4.88 Å². The molecule has 2 unspecified atom stereocenters. The van der Waals surface area contributed by atoms with E-state index in [2.05, 4.69) is 22.8 Å². The number of nitrogens with one attached hydrogen (secondary N) is 2. The van der Waals surface area contributed by atoms with E-state index in [0.717, 1.165) is 35.1 Å². The van der Waals surface area contributed by atoms with Gasteiger partial charge in [0.15, 0.2) is 0 Å². The van der Waals surface area contributed by atoms with Gasteiger partial charge in [0, 0.05) is 16.8 Å². The van der Waals surface area contributed by atoms with E-state index < -0.39 is 30.1 Å². The summed E-state index contributed by atoms with van der Waals surface area (Å²) in [4.78, 5) is 37.9. The van der Waals surface area contributed by atoms with Gasteiger partial charge in [-0.05, 0) is 52.5 Å². The van der Waals surface area contributed by atoms with Crippen LogP contribution >= 0.6 is 11.3 Å². The minimum absolute atomic E-state index is 0.0861. The van der Waals surface area contributed by atoms with Gasteiger partial charge in [0.1, 0.15) is 12.6 Å². The third-order valence-electron chi connectivity index (χ3n) is 6.61. The Hall–Kier alpha value is -3.65. The van der Waals surface area contributed by atoms with Crippen molar-refractivity contribution < 1.29 is 24.2 Å². The van der Waals surface area contributed by atoms with Crippen molar-refractivity contribution in [3.63, 3.8) is 0 Å². The summed E-state index contributed by atoms with van der Waals surface area (Å²) < 4.78 is 5.63. The number of amides is 2. The fourth-order valence-corrected chi connectivity index (χ4v) is 5.54. The molecule has 2 amide bonds. The highest BCUT2D eigenvalue weighted by Crippen LogP contribution is 2.44. The summed E-state index contributed by atoms with van der Waals surface area (Å²) in [5, 5.41) is 16.6. The maximum Gasteiger partial charge on any atom is 0.408 e. The van der Waals surface area contributed by atoms with E-state index in [4.69, 9.17) is 4.74 Å². The number of carboxylic acid groups (broad SMARTS) is 1. The molecule has 1 aromatic heterocycles. The predicted octanol–water partition coefficient (Wildman–Crippen LogP) is 4.70. The Labute approximate surface area is 207 Å². The van der Waals surface area contributed by atoms with Gasteiger partial charge in [-0.3, -0.25) is 9.59 Å². The SMILES string of the molecule is O=C(O)CC(NC(=O)C(NC(=O)OCC1c2ccccc2-c2ccccc21)c1cccs1)C1CC1. The Bertz CT molecular complexity index is 1190. The number of ether oxygens (including phenoxy) is 1. The second-order valence-electron chi connectivity index (χ2n) is 8.97. The molecule has 3 N–H and O–H groups in total. The number of thiophene rings is 1. The smallest absolute Gasteiger partial charge is 0.408 e. The Morgan fingerprint density at radius 1 is 0.943 bits per heavy atom. The van der Waals surface area contributed by atoms with Gasteiger partial charge < -0.3 is 20.5 Å². The normalized spacial score (nSPS) is 16.0. The molecule has 1 fully saturated rings. The maximum absolute atomic E-state index is 13.1. The van der Waals surface area contributed by atoms with Crippen molar-refractivity contribution in [2.45, 2.75) is 37.3 Å². The largest absolute Gasteiger partial charge is 0.481 e. The number of benzene rings is 2. The molecule has 0 spiro atoms. The molecule has 35 heavy (non-hydrogen) atoms. The van der Waals surface area contributed by atoms with Gasteiger partial charge in [0.05, 0.1) is 6.42 Å². The number of fused-ring (bicyclic) bond motifs is 3. The highest BCUT2D eigenvalue weighted by Gasteiger charge is 2.36. The zero-order valence-corrected chi connectivity index (χ0v) is 19.8.